The predicted molar refractivity (Wildman–Crippen MR) is 68.2 cm³/mol. The summed E-state index contributed by atoms with van der Waals surface area (Å²) in [5, 5.41) is 0. The van der Waals surface area contributed by atoms with Crippen molar-refractivity contribution in [2.75, 3.05) is 19.9 Å². The van der Waals surface area contributed by atoms with Crippen LogP contribution in [0.5, 0.6) is 0 Å². The Morgan fingerprint density at radius 3 is 3.00 bits per heavy atom. The fourth-order valence-corrected chi connectivity index (χ4v) is 4.23. The number of nitrogens with zero attached hydrogens (tertiary/aromatic N) is 1. The highest BCUT2D eigenvalue weighted by atomic mass is 31.2. The molecule has 1 N–H and O–H groups in total. The summed E-state index contributed by atoms with van der Waals surface area (Å²) in [7, 11) is -3.22. The number of halogens is 1. The first-order chi connectivity index (χ1) is 10.3. The maximum absolute atomic E-state index is 13.4. The SMILES string of the molecule is CP1(=O)OC[C@@]23CO[C@@H]([C@H](n4cc(F)c(=O)[nH]c4=O)O2)[C@@H]3O1. The van der Waals surface area contributed by atoms with Crippen LogP contribution in [-0.4, -0.2) is 47.2 Å². The van der Waals surface area contributed by atoms with Crippen LogP contribution in [0.4, 0.5) is 4.39 Å². The van der Waals surface area contributed by atoms with E-state index in [9.17, 15) is 18.5 Å². The van der Waals surface area contributed by atoms with Crippen molar-refractivity contribution in [1.82, 2.24) is 9.55 Å². The third-order valence-electron chi connectivity index (χ3n) is 4.02. The van der Waals surface area contributed by atoms with Gasteiger partial charge in [-0.05, 0) is 0 Å². The molecule has 4 rings (SSSR count). The zero-order valence-corrected chi connectivity index (χ0v) is 12.2. The van der Waals surface area contributed by atoms with Gasteiger partial charge in [-0.2, -0.15) is 4.39 Å². The van der Waals surface area contributed by atoms with Crippen LogP contribution in [0.15, 0.2) is 15.8 Å². The predicted octanol–water partition coefficient (Wildman–Crippen LogP) is -0.420. The summed E-state index contributed by atoms with van der Waals surface area (Å²) in [5.74, 6) is -1.12. The molecule has 1 unspecified atom stereocenters. The molecule has 1 aromatic heterocycles. The molecule has 1 aromatic rings. The molecule has 0 spiro atoms. The van der Waals surface area contributed by atoms with Crippen LogP contribution in [-0.2, 0) is 23.1 Å². The van der Waals surface area contributed by atoms with E-state index < -0.39 is 48.7 Å². The Morgan fingerprint density at radius 1 is 1.45 bits per heavy atom. The largest absolute Gasteiger partial charge is 0.367 e. The smallest absolute Gasteiger partial charge is 0.330 e. The Kier molecular flexibility index (Phi) is 2.83. The fraction of sp³-hybridized carbons (Fsp3) is 0.636. The van der Waals surface area contributed by atoms with Gasteiger partial charge in [0.1, 0.15) is 17.8 Å². The zero-order valence-electron chi connectivity index (χ0n) is 11.4. The van der Waals surface area contributed by atoms with E-state index >= 15 is 0 Å². The fourth-order valence-electron chi connectivity index (χ4n) is 2.99. The van der Waals surface area contributed by atoms with Crippen molar-refractivity contribution >= 4 is 7.60 Å². The normalized spacial score (nSPS) is 43.3. The molecule has 0 aliphatic carbocycles. The highest BCUT2D eigenvalue weighted by Gasteiger charge is 2.67. The van der Waals surface area contributed by atoms with Gasteiger partial charge in [-0.1, -0.05) is 0 Å². The minimum absolute atomic E-state index is 0.0149. The summed E-state index contributed by atoms with van der Waals surface area (Å²) in [6.45, 7) is 1.47. The highest BCUT2D eigenvalue weighted by Crippen LogP contribution is 2.59. The van der Waals surface area contributed by atoms with Crippen LogP contribution in [0.3, 0.4) is 0 Å². The van der Waals surface area contributed by atoms with Crippen LogP contribution in [0.2, 0.25) is 0 Å². The summed E-state index contributed by atoms with van der Waals surface area (Å²) in [6, 6.07) is 0. The summed E-state index contributed by atoms with van der Waals surface area (Å²) in [4.78, 5) is 24.8. The minimum atomic E-state index is -3.22. The first kappa shape index (κ1) is 14.3. The van der Waals surface area contributed by atoms with Crippen molar-refractivity contribution in [3.63, 3.8) is 0 Å². The lowest BCUT2D eigenvalue weighted by molar-refractivity contribution is -0.189. The van der Waals surface area contributed by atoms with Gasteiger partial charge in [-0.15, -0.1) is 0 Å². The quantitative estimate of drug-likeness (QED) is 0.695. The number of aromatic nitrogens is 2. The van der Waals surface area contributed by atoms with Gasteiger partial charge in [0.25, 0.3) is 5.56 Å². The summed E-state index contributed by atoms with van der Waals surface area (Å²) in [6.07, 6.45) is -1.69. The molecule has 3 fully saturated rings. The first-order valence-corrected chi connectivity index (χ1v) is 8.51. The third-order valence-corrected chi connectivity index (χ3v) is 5.23. The Bertz CT molecular complexity index is 806. The van der Waals surface area contributed by atoms with Gasteiger partial charge in [0, 0.05) is 6.66 Å². The Labute approximate surface area is 122 Å². The molecule has 0 amide bonds. The Balaban J connectivity index is 1.75. The van der Waals surface area contributed by atoms with Gasteiger partial charge in [0.05, 0.1) is 19.4 Å². The maximum Gasteiger partial charge on any atom is 0.330 e. The van der Waals surface area contributed by atoms with Crippen LogP contribution in [0, 0.1) is 5.82 Å². The van der Waals surface area contributed by atoms with Gasteiger partial charge in [0.15, 0.2) is 6.23 Å². The van der Waals surface area contributed by atoms with E-state index in [4.69, 9.17) is 18.5 Å². The molecule has 3 aliphatic heterocycles. The molecule has 0 saturated carbocycles. The Hall–Kier alpha value is -1.32. The second kappa shape index (κ2) is 4.36. The topological polar surface area (TPSA) is 109 Å². The van der Waals surface area contributed by atoms with Gasteiger partial charge in [-0.3, -0.25) is 23.4 Å². The number of hydrogen-bond donors (Lipinski definition) is 1. The van der Waals surface area contributed by atoms with Gasteiger partial charge in [0.2, 0.25) is 5.82 Å². The lowest BCUT2D eigenvalue weighted by Crippen LogP contribution is -2.48. The van der Waals surface area contributed by atoms with Crippen molar-refractivity contribution in [2.45, 2.75) is 24.0 Å². The molecule has 120 valence electrons. The number of rotatable bonds is 1. The van der Waals surface area contributed by atoms with E-state index in [1.165, 1.54) is 6.66 Å². The van der Waals surface area contributed by atoms with Gasteiger partial charge < -0.3 is 14.0 Å². The standard InChI is InChI=1S/C11H12FN2O7P/c1-22(17)19-4-11-3-18-6(7(11)21-22)9(20-11)14-2-5(12)8(15)13-10(14)16/h2,6-7,9H,3-4H2,1H3,(H,13,15,16)/t6-,7+,9-,11-,22?/m1/s1. The number of aromatic amines is 1. The van der Waals surface area contributed by atoms with Crippen LogP contribution >= 0.6 is 7.60 Å². The summed E-state index contributed by atoms with van der Waals surface area (Å²) in [5.41, 5.74) is -2.94. The van der Waals surface area contributed by atoms with Crippen LogP contribution in [0.25, 0.3) is 0 Å². The molecular weight excluding hydrogens is 322 g/mol. The molecule has 0 aromatic carbocycles. The molecule has 9 nitrogen and oxygen atoms in total. The monoisotopic (exact) mass is 334 g/mol. The summed E-state index contributed by atoms with van der Waals surface area (Å²) >= 11 is 0. The summed E-state index contributed by atoms with van der Waals surface area (Å²) < 4.78 is 48.2. The van der Waals surface area contributed by atoms with Crippen molar-refractivity contribution in [2.24, 2.45) is 0 Å². The molecule has 5 atom stereocenters. The average Bonchev–Trinajstić information content (AvgIpc) is 2.94. The van der Waals surface area contributed by atoms with Gasteiger partial charge in [-0.25, -0.2) is 4.79 Å². The molecule has 2 bridgehead atoms. The van der Waals surface area contributed by atoms with Crippen molar-refractivity contribution in [1.29, 1.82) is 0 Å². The van der Waals surface area contributed by atoms with Crippen molar-refractivity contribution in [3.05, 3.63) is 32.9 Å². The highest BCUT2D eigenvalue weighted by molar-refractivity contribution is 7.53. The molecule has 11 heteroatoms. The van der Waals surface area contributed by atoms with E-state index in [-0.39, 0.29) is 13.2 Å². The average molecular weight is 334 g/mol. The number of H-pyrrole nitrogens is 1. The van der Waals surface area contributed by atoms with E-state index in [0.717, 1.165) is 10.8 Å². The number of nitrogens with one attached hydrogen (secondary N) is 1. The van der Waals surface area contributed by atoms with Crippen molar-refractivity contribution in [3.8, 4) is 0 Å². The second-order valence-corrected chi connectivity index (χ2v) is 7.57. The lowest BCUT2D eigenvalue weighted by Gasteiger charge is -2.36. The minimum Gasteiger partial charge on any atom is -0.367 e. The number of hydrogen-bond acceptors (Lipinski definition) is 7. The molecule has 0 radical (unpaired) electrons. The molecule has 4 heterocycles. The van der Waals surface area contributed by atoms with Crippen molar-refractivity contribution < 1.29 is 27.5 Å². The van der Waals surface area contributed by atoms with E-state index in [0.29, 0.717) is 0 Å². The van der Waals surface area contributed by atoms with E-state index in [1.807, 2.05) is 4.98 Å². The third kappa shape index (κ3) is 1.88. The van der Waals surface area contributed by atoms with Crippen LogP contribution < -0.4 is 11.2 Å². The maximum atomic E-state index is 13.4. The van der Waals surface area contributed by atoms with E-state index in [2.05, 4.69) is 0 Å². The molecule has 3 aliphatic rings. The molecule has 22 heavy (non-hydrogen) atoms. The number of ether oxygens (including phenoxy) is 2. The molecule has 3 saturated heterocycles. The van der Waals surface area contributed by atoms with Crippen LogP contribution in [0.1, 0.15) is 6.23 Å². The second-order valence-electron chi connectivity index (χ2n) is 5.56. The lowest BCUT2D eigenvalue weighted by atomic mass is 10.0. The molecular formula is C11H12FN2O7P. The van der Waals surface area contributed by atoms with Gasteiger partial charge >= 0.3 is 13.3 Å². The Morgan fingerprint density at radius 2 is 2.23 bits per heavy atom. The van der Waals surface area contributed by atoms with E-state index in [1.54, 1.807) is 0 Å². The zero-order chi connectivity index (χ0) is 15.7. The first-order valence-electron chi connectivity index (χ1n) is 6.52.